The van der Waals surface area contributed by atoms with Gasteiger partial charge in [0.2, 0.25) is 5.91 Å². The third-order valence-corrected chi connectivity index (χ3v) is 2.86. The summed E-state index contributed by atoms with van der Waals surface area (Å²) >= 11 is 0. The number of imidazole rings is 1. The van der Waals surface area contributed by atoms with E-state index in [0.29, 0.717) is 5.69 Å². The maximum Gasteiger partial charge on any atom is 0.326 e. The number of carbonyl (C=O) groups is 3. The molecule has 1 aromatic heterocycles. The summed E-state index contributed by atoms with van der Waals surface area (Å²) in [7, 11) is 1.46. The van der Waals surface area contributed by atoms with Crippen molar-refractivity contribution in [2.24, 2.45) is 0 Å². The largest absolute Gasteiger partial charge is 0.480 e. The zero-order valence-corrected chi connectivity index (χ0v) is 11.9. The van der Waals surface area contributed by atoms with E-state index in [1.165, 1.54) is 24.5 Å². The summed E-state index contributed by atoms with van der Waals surface area (Å²) in [5.74, 6) is -1.48. The first-order chi connectivity index (χ1) is 9.97. The van der Waals surface area contributed by atoms with E-state index in [1.54, 1.807) is 6.92 Å². The van der Waals surface area contributed by atoms with Crippen molar-refractivity contribution >= 4 is 17.9 Å². The number of carboxylic acid groups (broad SMARTS) is 1. The molecule has 1 atom stereocenters. The van der Waals surface area contributed by atoms with Crippen molar-refractivity contribution in [2.45, 2.75) is 19.4 Å². The van der Waals surface area contributed by atoms with Gasteiger partial charge in [0, 0.05) is 31.9 Å². The van der Waals surface area contributed by atoms with Gasteiger partial charge >= 0.3 is 12.0 Å². The highest BCUT2D eigenvalue weighted by molar-refractivity contribution is 5.86. The van der Waals surface area contributed by atoms with Crippen LogP contribution in [0.15, 0.2) is 12.5 Å². The summed E-state index contributed by atoms with van der Waals surface area (Å²) in [6.07, 6.45) is 3.00. The molecule has 0 unspecified atom stereocenters. The molecule has 3 amide bonds. The lowest BCUT2D eigenvalue weighted by atomic mass is 10.1. The Morgan fingerprint density at radius 1 is 1.48 bits per heavy atom. The van der Waals surface area contributed by atoms with Crippen LogP contribution in [0.25, 0.3) is 0 Å². The van der Waals surface area contributed by atoms with Crippen molar-refractivity contribution in [1.29, 1.82) is 0 Å². The number of H-pyrrole nitrogens is 1. The minimum atomic E-state index is -1.16. The maximum absolute atomic E-state index is 12.0. The molecule has 9 nitrogen and oxygen atoms in total. The quantitative estimate of drug-likeness (QED) is 0.523. The lowest BCUT2D eigenvalue weighted by molar-refractivity contribution is -0.139. The smallest absolute Gasteiger partial charge is 0.326 e. The number of carbonyl (C=O) groups excluding carboxylic acids is 2. The molecule has 0 aromatic carbocycles. The normalized spacial score (nSPS) is 11.5. The Morgan fingerprint density at radius 2 is 2.19 bits per heavy atom. The monoisotopic (exact) mass is 297 g/mol. The average molecular weight is 297 g/mol. The summed E-state index contributed by atoms with van der Waals surface area (Å²) < 4.78 is 0. The third-order valence-electron chi connectivity index (χ3n) is 2.86. The number of carboxylic acids is 1. The molecule has 0 bridgehead atoms. The number of urea groups is 1. The highest BCUT2D eigenvalue weighted by Gasteiger charge is 2.24. The van der Waals surface area contributed by atoms with Gasteiger partial charge in [-0.05, 0) is 6.92 Å². The Balaban J connectivity index is 2.66. The Morgan fingerprint density at radius 3 is 2.67 bits per heavy atom. The van der Waals surface area contributed by atoms with Gasteiger partial charge in [-0.1, -0.05) is 0 Å². The van der Waals surface area contributed by atoms with Crippen LogP contribution in [-0.2, 0) is 16.0 Å². The van der Waals surface area contributed by atoms with Crippen molar-refractivity contribution in [2.75, 3.05) is 20.1 Å². The van der Waals surface area contributed by atoms with Crippen LogP contribution in [-0.4, -0.2) is 64.1 Å². The first-order valence-electron chi connectivity index (χ1n) is 6.44. The van der Waals surface area contributed by atoms with Crippen LogP contribution in [0, 0.1) is 0 Å². The number of hydrogen-bond donors (Lipinski definition) is 4. The Hall–Kier alpha value is -2.58. The highest BCUT2D eigenvalue weighted by atomic mass is 16.4. The number of rotatable bonds is 7. The first-order valence-corrected chi connectivity index (χ1v) is 6.44. The Bertz CT molecular complexity index is 488. The fourth-order valence-corrected chi connectivity index (χ4v) is 1.64. The second kappa shape index (κ2) is 7.88. The number of hydrogen-bond acceptors (Lipinski definition) is 4. The number of nitrogens with zero attached hydrogens (tertiary/aromatic N) is 2. The van der Waals surface area contributed by atoms with Gasteiger partial charge in [0.15, 0.2) is 0 Å². The molecule has 21 heavy (non-hydrogen) atoms. The first kappa shape index (κ1) is 16.5. The number of nitrogens with one attached hydrogen (secondary N) is 3. The molecule has 1 aromatic rings. The van der Waals surface area contributed by atoms with Crippen LogP contribution in [0.2, 0.25) is 0 Å². The molecule has 116 valence electrons. The number of aliphatic carboxylic acids is 1. The van der Waals surface area contributed by atoms with Crippen molar-refractivity contribution in [3.8, 4) is 0 Å². The second-order valence-corrected chi connectivity index (χ2v) is 4.31. The van der Waals surface area contributed by atoms with Gasteiger partial charge in [-0.2, -0.15) is 0 Å². The van der Waals surface area contributed by atoms with Crippen molar-refractivity contribution in [1.82, 2.24) is 25.5 Å². The van der Waals surface area contributed by atoms with Gasteiger partial charge in [0.25, 0.3) is 0 Å². The van der Waals surface area contributed by atoms with Gasteiger partial charge < -0.3 is 25.6 Å². The van der Waals surface area contributed by atoms with Gasteiger partial charge in [-0.15, -0.1) is 0 Å². The molecule has 0 aliphatic heterocycles. The predicted octanol–water partition coefficient (Wildman–Crippen LogP) is -0.817. The fourth-order valence-electron chi connectivity index (χ4n) is 1.64. The van der Waals surface area contributed by atoms with Gasteiger partial charge in [0.1, 0.15) is 12.6 Å². The van der Waals surface area contributed by atoms with Crippen LogP contribution in [0.1, 0.15) is 12.6 Å². The van der Waals surface area contributed by atoms with E-state index in [-0.39, 0.29) is 25.4 Å². The van der Waals surface area contributed by atoms with Gasteiger partial charge in [-0.3, -0.25) is 4.79 Å². The number of aromatic nitrogens is 2. The summed E-state index contributed by atoms with van der Waals surface area (Å²) in [5, 5.41) is 14.0. The van der Waals surface area contributed by atoms with E-state index in [2.05, 4.69) is 20.6 Å². The molecule has 0 saturated heterocycles. The van der Waals surface area contributed by atoms with Crippen molar-refractivity contribution < 1.29 is 19.5 Å². The molecule has 0 fully saturated rings. The Kier molecular flexibility index (Phi) is 6.18. The van der Waals surface area contributed by atoms with E-state index in [0.717, 1.165) is 0 Å². The minimum absolute atomic E-state index is 0.0819. The molecule has 1 heterocycles. The van der Waals surface area contributed by atoms with Crippen molar-refractivity contribution in [3.05, 3.63) is 18.2 Å². The topological polar surface area (TPSA) is 127 Å². The second-order valence-electron chi connectivity index (χ2n) is 4.31. The van der Waals surface area contributed by atoms with Crippen LogP contribution >= 0.6 is 0 Å². The average Bonchev–Trinajstić information content (AvgIpc) is 2.96. The van der Waals surface area contributed by atoms with E-state index in [4.69, 9.17) is 5.11 Å². The van der Waals surface area contributed by atoms with Crippen LogP contribution in [0.3, 0.4) is 0 Å². The van der Waals surface area contributed by atoms with E-state index in [9.17, 15) is 14.4 Å². The maximum atomic E-state index is 12.0. The molecular weight excluding hydrogens is 278 g/mol. The third kappa shape index (κ3) is 5.13. The molecule has 1 rings (SSSR count). The molecule has 0 radical (unpaired) electrons. The zero-order valence-electron chi connectivity index (χ0n) is 11.9. The van der Waals surface area contributed by atoms with Gasteiger partial charge in [-0.25, -0.2) is 14.6 Å². The molecule has 4 N–H and O–H groups in total. The number of amides is 3. The highest BCUT2D eigenvalue weighted by Crippen LogP contribution is 2.00. The molecule has 9 heteroatoms. The van der Waals surface area contributed by atoms with Crippen LogP contribution in [0.5, 0.6) is 0 Å². The summed E-state index contributed by atoms with van der Waals surface area (Å²) in [4.78, 5) is 42.3. The fraction of sp³-hybridized carbons (Fsp3) is 0.500. The lowest BCUT2D eigenvalue weighted by Gasteiger charge is -2.23. The summed E-state index contributed by atoms with van der Waals surface area (Å²) in [5.41, 5.74) is 0.594. The van der Waals surface area contributed by atoms with E-state index >= 15 is 0 Å². The van der Waals surface area contributed by atoms with Crippen molar-refractivity contribution in [3.63, 3.8) is 0 Å². The molecule has 0 saturated carbocycles. The zero-order chi connectivity index (χ0) is 15.8. The van der Waals surface area contributed by atoms with Crippen LogP contribution < -0.4 is 10.6 Å². The molecule has 0 aliphatic rings. The summed E-state index contributed by atoms with van der Waals surface area (Å²) in [6, 6.07) is -1.70. The van der Waals surface area contributed by atoms with E-state index < -0.39 is 18.0 Å². The summed E-state index contributed by atoms with van der Waals surface area (Å²) in [6.45, 7) is 1.86. The predicted molar refractivity (Wildman–Crippen MR) is 73.6 cm³/mol. The number of aromatic amines is 1. The molecular formula is C12H19N5O4. The Labute approximate surface area is 121 Å². The van der Waals surface area contributed by atoms with Gasteiger partial charge in [0.05, 0.1) is 6.33 Å². The molecule has 0 aliphatic carbocycles. The van der Waals surface area contributed by atoms with Crippen LogP contribution in [0.4, 0.5) is 4.79 Å². The number of likely N-dealkylation sites (N-methyl/N-ethyl adjacent to an activating group) is 2. The molecule has 0 spiro atoms. The van der Waals surface area contributed by atoms with E-state index in [1.807, 2.05) is 0 Å². The lowest BCUT2D eigenvalue weighted by Crippen LogP contribution is -2.51. The standard InChI is InChI=1S/C12H19N5O4/c1-3-17(6-10(18)13-2)12(21)16-9(11(19)20)4-8-5-14-7-15-8/h5,7,9H,3-4,6H2,1-2H3,(H,13,18)(H,14,15)(H,16,21)(H,19,20)/t9-/m1/s1. The SMILES string of the molecule is CCN(CC(=O)NC)C(=O)N[C@H](Cc1cnc[nH]1)C(=O)O. The minimum Gasteiger partial charge on any atom is -0.480 e.